The molecular weight excluding hydrogens is 349 g/mol. The lowest BCUT2D eigenvalue weighted by Crippen LogP contribution is -2.44. The molecule has 2 rings (SSSR count). The van der Waals surface area contributed by atoms with E-state index in [1.165, 1.54) is 12.1 Å². The van der Waals surface area contributed by atoms with Crippen molar-refractivity contribution in [3.63, 3.8) is 0 Å². The first-order valence-corrected chi connectivity index (χ1v) is 7.90. The highest BCUT2D eigenvalue weighted by Gasteiger charge is 2.20. The van der Waals surface area contributed by atoms with Gasteiger partial charge in [0, 0.05) is 0 Å². The molecule has 0 aliphatic carbocycles. The topological polar surface area (TPSA) is 84.5 Å². The number of ether oxygens (including phenoxy) is 1. The van der Waals surface area contributed by atoms with Crippen LogP contribution in [0.15, 0.2) is 47.4 Å². The van der Waals surface area contributed by atoms with Crippen molar-refractivity contribution in [1.82, 2.24) is 10.3 Å². The Morgan fingerprint density at radius 2 is 1.62 bits per heavy atom. The predicted molar refractivity (Wildman–Crippen MR) is 76.7 cm³/mol. The van der Waals surface area contributed by atoms with Crippen LogP contribution in [0.5, 0.6) is 5.75 Å². The van der Waals surface area contributed by atoms with E-state index >= 15 is 0 Å². The fourth-order valence-corrected chi connectivity index (χ4v) is 2.53. The van der Waals surface area contributed by atoms with Gasteiger partial charge >= 0.3 is 0 Å². The minimum atomic E-state index is -4.50. The number of amides is 1. The predicted octanol–water partition coefficient (Wildman–Crippen LogP) is 1.49. The molecule has 2 aromatic rings. The molecule has 1 amide bonds. The quantitative estimate of drug-likeness (QED) is 0.765. The number of hydrogen-bond acceptors (Lipinski definition) is 4. The number of benzene rings is 2. The maximum Gasteiger partial charge on any atom is 0.272 e. The molecule has 0 aliphatic rings. The van der Waals surface area contributed by atoms with Crippen molar-refractivity contribution in [3.8, 4) is 5.75 Å². The molecule has 0 aliphatic heterocycles. The number of rotatable bonds is 6. The van der Waals surface area contributed by atoms with E-state index in [2.05, 4.69) is 0 Å². The van der Waals surface area contributed by atoms with Gasteiger partial charge in [-0.25, -0.2) is 21.6 Å². The van der Waals surface area contributed by atoms with Crippen LogP contribution in [-0.2, 0) is 14.8 Å². The van der Waals surface area contributed by atoms with Gasteiger partial charge in [-0.1, -0.05) is 0 Å². The van der Waals surface area contributed by atoms with Crippen molar-refractivity contribution in [3.05, 3.63) is 59.9 Å². The molecule has 0 saturated carbocycles. The summed E-state index contributed by atoms with van der Waals surface area (Å²) in [7, 11) is -4.50. The summed E-state index contributed by atoms with van der Waals surface area (Å²) in [6.07, 6.45) is 0. The zero-order chi connectivity index (χ0) is 17.7. The molecule has 0 spiro atoms. The average molecular weight is 360 g/mol. The van der Waals surface area contributed by atoms with Gasteiger partial charge in [0.15, 0.2) is 6.61 Å². The van der Waals surface area contributed by atoms with Gasteiger partial charge in [0.25, 0.3) is 15.9 Å². The highest BCUT2D eigenvalue weighted by Crippen LogP contribution is 2.15. The van der Waals surface area contributed by atoms with Crippen LogP contribution in [0.1, 0.15) is 0 Å². The van der Waals surface area contributed by atoms with Crippen LogP contribution in [0.4, 0.5) is 13.2 Å². The molecule has 0 fully saturated rings. The highest BCUT2D eigenvalue weighted by molar-refractivity contribution is 7.89. The first-order valence-electron chi connectivity index (χ1n) is 6.42. The Morgan fingerprint density at radius 1 is 1.00 bits per heavy atom. The van der Waals surface area contributed by atoms with Crippen molar-refractivity contribution >= 4 is 15.9 Å². The standard InChI is InChI=1S/C14H11F3N2O4S/c15-9-1-4-11(5-2-9)23-8-14(20)18-19-24(21,22)13-7-10(16)3-6-12(13)17/h1-7,19H,8H2,(H,18,20). The Morgan fingerprint density at radius 3 is 2.29 bits per heavy atom. The molecule has 2 N–H and O–H groups in total. The van der Waals surface area contributed by atoms with E-state index < -0.39 is 44.9 Å². The van der Waals surface area contributed by atoms with E-state index in [0.717, 1.165) is 18.2 Å². The van der Waals surface area contributed by atoms with Crippen molar-refractivity contribution in [2.24, 2.45) is 0 Å². The summed E-state index contributed by atoms with van der Waals surface area (Å²) < 4.78 is 67.8. The van der Waals surface area contributed by atoms with Crippen LogP contribution in [0.3, 0.4) is 0 Å². The molecule has 0 unspecified atom stereocenters. The average Bonchev–Trinajstić information content (AvgIpc) is 2.54. The van der Waals surface area contributed by atoms with Crippen LogP contribution in [0.25, 0.3) is 0 Å². The Hall–Kier alpha value is -2.59. The van der Waals surface area contributed by atoms with Crippen LogP contribution in [-0.4, -0.2) is 20.9 Å². The molecule has 128 valence electrons. The highest BCUT2D eigenvalue weighted by atomic mass is 32.2. The third kappa shape index (κ3) is 4.70. The van der Waals surface area contributed by atoms with E-state index in [4.69, 9.17) is 4.74 Å². The molecule has 0 bridgehead atoms. The Kier molecular flexibility index (Phi) is 5.42. The molecule has 0 atom stereocenters. The molecule has 0 saturated heterocycles. The molecule has 0 radical (unpaired) electrons. The monoisotopic (exact) mass is 360 g/mol. The number of sulfonamides is 1. The number of hydrogen-bond donors (Lipinski definition) is 2. The molecule has 2 aromatic carbocycles. The van der Waals surface area contributed by atoms with Crippen molar-refractivity contribution in [1.29, 1.82) is 0 Å². The van der Waals surface area contributed by atoms with Crippen LogP contribution >= 0.6 is 0 Å². The van der Waals surface area contributed by atoms with E-state index in [-0.39, 0.29) is 5.75 Å². The number of hydrazine groups is 1. The normalized spacial score (nSPS) is 11.1. The second kappa shape index (κ2) is 7.32. The van der Waals surface area contributed by atoms with E-state index in [0.29, 0.717) is 12.1 Å². The summed E-state index contributed by atoms with van der Waals surface area (Å²) in [6, 6.07) is 6.64. The summed E-state index contributed by atoms with van der Waals surface area (Å²) in [6.45, 7) is -0.584. The summed E-state index contributed by atoms with van der Waals surface area (Å²) >= 11 is 0. The van der Waals surface area contributed by atoms with E-state index in [1.807, 2.05) is 0 Å². The molecule has 6 nitrogen and oxygen atoms in total. The number of carbonyl (C=O) groups excluding carboxylic acids is 1. The second-order valence-electron chi connectivity index (χ2n) is 4.47. The molecular formula is C14H11F3N2O4S. The summed E-state index contributed by atoms with van der Waals surface area (Å²) in [5.74, 6) is -3.34. The van der Waals surface area contributed by atoms with E-state index in [1.54, 1.807) is 10.3 Å². The Balaban J connectivity index is 1.93. The maximum atomic E-state index is 13.4. The molecule has 0 aromatic heterocycles. The molecule has 24 heavy (non-hydrogen) atoms. The van der Waals surface area contributed by atoms with Gasteiger partial charge in [-0.3, -0.25) is 10.2 Å². The third-order valence-electron chi connectivity index (χ3n) is 2.69. The van der Waals surface area contributed by atoms with Gasteiger partial charge in [-0.05, 0) is 42.5 Å². The van der Waals surface area contributed by atoms with Gasteiger partial charge in [-0.15, -0.1) is 4.83 Å². The van der Waals surface area contributed by atoms with Crippen molar-refractivity contribution < 1.29 is 31.1 Å². The number of nitrogens with one attached hydrogen (secondary N) is 2. The fourth-order valence-electron chi connectivity index (χ4n) is 1.58. The zero-order valence-electron chi connectivity index (χ0n) is 11.9. The summed E-state index contributed by atoms with van der Waals surface area (Å²) in [5.41, 5.74) is 1.78. The number of carbonyl (C=O) groups is 1. The van der Waals surface area contributed by atoms with Crippen LogP contribution in [0.2, 0.25) is 0 Å². The summed E-state index contributed by atoms with van der Waals surface area (Å²) in [5, 5.41) is 0. The van der Waals surface area contributed by atoms with Crippen LogP contribution in [0, 0.1) is 17.5 Å². The Labute approximate surface area is 135 Å². The SMILES string of the molecule is O=C(COc1ccc(F)cc1)NNS(=O)(=O)c1cc(F)ccc1F. The minimum absolute atomic E-state index is 0.186. The van der Waals surface area contributed by atoms with Gasteiger partial charge in [0.2, 0.25) is 0 Å². The maximum absolute atomic E-state index is 13.4. The Bertz CT molecular complexity index is 842. The lowest BCUT2D eigenvalue weighted by molar-refractivity contribution is -0.123. The van der Waals surface area contributed by atoms with E-state index in [9.17, 15) is 26.4 Å². The second-order valence-corrected chi connectivity index (χ2v) is 6.12. The lowest BCUT2D eigenvalue weighted by atomic mass is 10.3. The smallest absolute Gasteiger partial charge is 0.272 e. The minimum Gasteiger partial charge on any atom is -0.484 e. The largest absolute Gasteiger partial charge is 0.484 e. The number of halogens is 3. The third-order valence-corrected chi connectivity index (χ3v) is 3.95. The van der Waals surface area contributed by atoms with Gasteiger partial charge in [0.05, 0.1) is 0 Å². The lowest BCUT2D eigenvalue weighted by Gasteiger charge is -2.10. The van der Waals surface area contributed by atoms with Gasteiger partial charge < -0.3 is 4.74 Å². The fraction of sp³-hybridized carbons (Fsp3) is 0.0714. The van der Waals surface area contributed by atoms with Crippen molar-refractivity contribution in [2.75, 3.05) is 6.61 Å². The molecule has 0 heterocycles. The first kappa shape index (κ1) is 17.8. The first-order chi connectivity index (χ1) is 11.3. The van der Waals surface area contributed by atoms with Gasteiger partial charge in [0.1, 0.15) is 28.1 Å². The van der Waals surface area contributed by atoms with Gasteiger partial charge in [-0.2, -0.15) is 0 Å². The summed E-state index contributed by atoms with van der Waals surface area (Å²) in [4.78, 5) is 12.2. The molecule has 10 heteroatoms. The van der Waals surface area contributed by atoms with Crippen LogP contribution < -0.4 is 15.0 Å². The van der Waals surface area contributed by atoms with Crippen molar-refractivity contribution in [2.45, 2.75) is 4.90 Å². The zero-order valence-corrected chi connectivity index (χ0v) is 12.7.